The Labute approximate surface area is 148 Å². The fraction of sp³-hybridized carbons (Fsp3) is 0.0625. The zero-order valence-electron chi connectivity index (χ0n) is 12.0. The minimum atomic E-state index is -0.266. The summed E-state index contributed by atoms with van der Waals surface area (Å²) in [6.07, 6.45) is 0. The number of aromatic nitrogens is 1. The Kier molecular flexibility index (Phi) is 5.82. The van der Waals surface area contributed by atoms with Gasteiger partial charge in [-0.05, 0) is 42.5 Å². The highest BCUT2D eigenvalue weighted by molar-refractivity contribution is 7.14. The van der Waals surface area contributed by atoms with Gasteiger partial charge in [-0.15, -0.1) is 23.7 Å². The quantitative estimate of drug-likeness (QED) is 0.632. The first-order valence-corrected chi connectivity index (χ1v) is 7.73. The minimum Gasteiger partial charge on any atom is -0.495 e. The molecule has 0 amide bonds. The van der Waals surface area contributed by atoms with Gasteiger partial charge in [0, 0.05) is 16.6 Å². The number of nitrogens with zero attached hydrogens (tertiary/aromatic N) is 1. The Hall–Kier alpha value is -1.82. The SMILES string of the molecule is COc1ccc(-c2csc(Nc3ccc(F)cc3)n2)cc1Cl.Cl. The van der Waals surface area contributed by atoms with Gasteiger partial charge >= 0.3 is 0 Å². The van der Waals surface area contributed by atoms with Crippen LogP contribution in [-0.2, 0) is 0 Å². The van der Waals surface area contributed by atoms with Crippen molar-refractivity contribution in [2.75, 3.05) is 12.4 Å². The molecular weight excluding hydrogens is 358 g/mol. The van der Waals surface area contributed by atoms with Gasteiger partial charge in [0.2, 0.25) is 0 Å². The zero-order chi connectivity index (χ0) is 15.5. The summed E-state index contributed by atoms with van der Waals surface area (Å²) >= 11 is 7.60. The molecule has 120 valence electrons. The molecule has 1 aromatic heterocycles. The van der Waals surface area contributed by atoms with E-state index in [1.54, 1.807) is 19.2 Å². The highest BCUT2D eigenvalue weighted by Gasteiger charge is 2.08. The molecule has 3 nitrogen and oxygen atoms in total. The summed E-state index contributed by atoms with van der Waals surface area (Å²) in [5, 5.41) is 6.35. The predicted octanol–water partition coefficient (Wildman–Crippen LogP) is 5.78. The summed E-state index contributed by atoms with van der Waals surface area (Å²) in [7, 11) is 1.58. The van der Waals surface area contributed by atoms with E-state index in [1.165, 1.54) is 23.5 Å². The molecule has 1 heterocycles. The number of hydrogen-bond donors (Lipinski definition) is 1. The van der Waals surface area contributed by atoms with Crippen LogP contribution in [0.4, 0.5) is 15.2 Å². The maximum atomic E-state index is 12.9. The molecule has 0 aliphatic heterocycles. The van der Waals surface area contributed by atoms with Crippen LogP contribution < -0.4 is 10.1 Å². The van der Waals surface area contributed by atoms with Gasteiger partial charge in [-0.25, -0.2) is 9.37 Å². The molecule has 0 saturated carbocycles. The summed E-state index contributed by atoms with van der Waals surface area (Å²) in [5.41, 5.74) is 2.52. The van der Waals surface area contributed by atoms with Crippen LogP contribution in [0.1, 0.15) is 0 Å². The number of ether oxygens (including phenoxy) is 1. The van der Waals surface area contributed by atoms with Crippen LogP contribution in [0, 0.1) is 5.82 Å². The molecule has 2 aromatic carbocycles. The average molecular weight is 371 g/mol. The van der Waals surface area contributed by atoms with Crippen LogP contribution in [-0.4, -0.2) is 12.1 Å². The van der Waals surface area contributed by atoms with E-state index in [1.807, 2.05) is 23.6 Å². The molecule has 3 aromatic rings. The van der Waals surface area contributed by atoms with Crippen LogP contribution >= 0.6 is 35.3 Å². The number of thiazole rings is 1. The highest BCUT2D eigenvalue weighted by atomic mass is 35.5. The number of methoxy groups -OCH3 is 1. The highest BCUT2D eigenvalue weighted by Crippen LogP contribution is 2.32. The molecule has 7 heteroatoms. The molecule has 23 heavy (non-hydrogen) atoms. The van der Waals surface area contributed by atoms with Crippen molar-refractivity contribution in [1.29, 1.82) is 0 Å². The van der Waals surface area contributed by atoms with Crippen molar-refractivity contribution in [1.82, 2.24) is 4.98 Å². The molecule has 0 aliphatic carbocycles. The number of anilines is 2. The lowest BCUT2D eigenvalue weighted by Gasteiger charge is -2.04. The molecule has 0 atom stereocenters. The minimum absolute atomic E-state index is 0. The third-order valence-electron chi connectivity index (χ3n) is 3.05. The Morgan fingerprint density at radius 3 is 2.57 bits per heavy atom. The Morgan fingerprint density at radius 2 is 1.91 bits per heavy atom. The molecule has 0 aliphatic rings. The van der Waals surface area contributed by atoms with Crippen LogP contribution in [0.2, 0.25) is 5.02 Å². The first-order valence-electron chi connectivity index (χ1n) is 6.48. The summed E-state index contributed by atoms with van der Waals surface area (Å²) in [4.78, 5) is 4.51. The first kappa shape index (κ1) is 17.5. The fourth-order valence-electron chi connectivity index (χ4n) is 1.95. The normalized spacial score (nSPS) is 10.0. The van der Waals surface area contributed by atoms with Crippen molar-refractivity contribution in [2.45, 2.75) is 0 Å². The standard InChI is InChI=1S/C16H12ClFN2OS.ClH/c1-21-15-7-2-10(8-13(15)17)14-9-22-16(20-14)19-12-5-3-11(18)4-6-12;/h2-9H,1H3,(H,19,20);1H. The third kappa shape index (κ3) is 4.13. The first-order chi connectivity index (χ1) is 10.7. The number of rotatable bonds is 4. The van der Waals surface area contributed by atoms with Crippen molar-refractivity contribution < 1.29 is 9.13 Å². The predicted molar refractivity (Wildman–Crippen MR) is 96.0 cm³/mol. The van der Waals surface area contributed by atoms with E-state index in [0.717, 1.165) is 22.1 Å². The van der Waals surface area contributed by atoms with E-state index in [9.17, 15) is 4.39 Å². The van der Waals surface area contributed by atoms with Crippen molar-refractivity contribution in [3.05, 3.63) is 58.7 Å². The van der Waals surface area contributed by atoms with Crippen molar-refractivity contribution in [3.8, 4) is 17.0 Å². The fourth-order valence-corrected chi connectivity index (χ4v) is 2.94. The second-order valence-electron chi connectivity index (χ2n) is 4.52. The second-order valence-corrected chi connectivity index (χ2v) is 5.78. The van der Waals surface area contributed by atoms with E-state index >= 15 is 0 Å². The average Bonchev–Trinajstić information content (AvgIpc) is 2.98. The second kappa shape index (κ2) is 7.64. The third-order valence-corrected chi connectivity index (χ3v) is 4.10. The Morgan fingerprint density at radius 1 is 1.17 bits per heavy atom. The van der Waals surface area contributed by atoms with E-state index < -0.39 is 0 Å². The van der Waals surface area contributed by atoms with Crippen molar-refractivity contribution >= 4 is 46.2 Å². The maximum Gasteiger partial charge on any atom is 0.187 e. The van der Waals surface area contributed by atoms with Crippen LogP contribution in [0.5, 0.6) is 5.75 Å². The van der Waals surface area contributed by atoms with Gasteiger partial charge in [-0.3, -0.25) is 0 Å². The van der Waals surface area contributed by atoms with Gasteiger partial charge in [0.05, 0.1) is 17.8 Å². The lowest BCUT2D eigenvalue weighted by Crippen LogP contribution is -1.90. The largest absolute Gasteiger partial charge is 0.495 e. The van der Waals surface area contributed by atoms with Crippen LogP contribution in [0.3, 0.4) is 0 Å². The van der Waals surface area contributed by atoms with Gasteiger partial charge in [0.15, 0.2) is 5.13 Å². The van der Waals surface area contributed by atoms with Gasteiger partial charge < -0.3 is 10.1 Å². The molecular formula is C16H13Cl2FN2OS. The molecule has 0 saturated heterocycles. The lowest BCUT2D eigenvalue weighted by molar-refractivity contribution is 0.415. The van der Waals surface area contributed by atoms with E-state index in [4.69, 9.17) is 16.3 Å². The molecule has 1 N–H and O–H groups in total. The molecule has 0 fully saturated rings. The summed E-state index contributed by atoms with van der Waals surface area (Å²) in [6, 6.07) is 11.7. The van der Waals surface area contributed by atoms with Crippen LogP contribution in [0.15, 0.2) is 47.8 Å². The zero-order valence-corrected chi connectivity index (χ0v) is 14.4. The molecule has 0 bridgehead atoms. The van der Waals surface area contributed by atoms with Gasteiger partial charge in [-0.1, -0.05) is 11.6 Å². The summed E-state index contributed by atoms with van der Waals surface area (Å²) < 4.78 is 18.0. The molecule has 0 radical (unpaired) electrons. The Bertz CT molecular complexity index is 793. The number of nitrogens with one attached hydrogen (secondary N) is 1. The van der Waals surface area contributed by atoms with E-state index in [-0.39, 0.29) is 18.2 Å². The van der Waals surface area contributed by atoms with Crippen LogP contribution in [0.25, 0.3) is 11.3 Å². The lowest BCUT2D eigenvalue weighted by atomic mass is 10.2. The topological polar surface area (TPSA) is 34.1 Å². The van der Waals surface area contributed by atoms with Crippen molar-refractivity contribution in [2.24, 2.45) is 0 Å². The Balaban J connectivity index is 0.00000192. The van der Waals surface area contributed by atoms with Gasteiger partial charge in [0.25, 0.3) is 0 Å². The van der Waals surface area contributed by atoms with Gasteiger partial charge in [-0.2, -0.15) is 0 Å². The smallest absolute Gasteiger partial charge is 0.187 e. The van der Waals surface area contributed by atoms with E-state index in [2.05, 4.69) is 10.3 Å². The monoisotopic (exact) mass is 370 g/mol. The number of halogens is 3. The summed E-state index contributed by atoms with van der Waals surface area (Å²) in [6.45, 7) is 0. The number of benzene rings is 2. The van der Waals surface area contributed by atoms with E-state index in [0.29, 0.717) is 10.8 Å². The van der Waals surface area contributed by atoms with Gasteiger partial charge in [0.1, 0.15) is 11.6 Å². The molecule has 0 spiro atoms. The maximum absolute atomic E-state index is 12.9. The summed E-state index contributed by atoms with van der Waals surface area (Å²) in [5.74, 6) is 0.364. The molecule has 0 unspecified atom stereocenters. The van der Waals surface area contributed by atoms with Crippen molar-refractivity contribution in [3.63, 3.8) is 0 Å². The number of hydrogen-bond acceptors (Lipinski definition) is 4. The molecule has 3 rings (SSSR count).